The summed E-state index contributed by atoms with van der Waals surface area (Å²) in [4.78, 5) is 38.1. The minimum absolute atomic E-state index is 0.103. The SMILES string of the molecule is CC\C=C/C=C\C=C/CCCCCCCC(=O)OCC(COC(=O)CCCCC/C=C\C/C=C\C/C=C\C/C=C\C/C=C\CC)OC(=O)CCCCCCCCC/C=C\CCCCCCCC. The molecule has 0 aromatic heterocycles. The molecule has 1 atom stereocenters. The molecule has 0 aliphatic heterocycles. The average Bonchev–Trinajstić information content (AvgIpc) is 3.33. The molecule has 0 saturated heterocycles. The fourth-order valence-corrected chi connectivity index (χ4v) is 7.23. The fourth-order valence-electron chi connectivity index (χ4n) is 7.23. The number of rotatable bonds is 48. The number of carbonyl (C=O) groups is 3. The van der Waals surface area contributed by atoms with Crippen LogP contribution >= 0.6 is 0 Å². The van der Waals surface area contributed by atoms with Crippen LogP contribution in [0.4, 0.5) is 0 Å². The van der Waals surface area contributed by atoms with Gasteiger partial charge in [0.25, 0.3) is 0 Å². The Morgan fingerprint density at radius 1 is 0.328 bits per heavy atom. The van der Waals surface area contributed by atoms with E-state index in [1.807, 2.05) is 0 Å². The molecule has 0 aromatic rings. The standard InChI is InChI=1S/C61H100O6/c1-4-7-10-13-16-19-22-25-27-29-30-32-33-36-39-42-45-48-51-54-60(63)66-57-58(56-65-59(62)53-50-47-44-41-38-35-24-21-18-15-12-9-6-3)67-61(64)55-52-49-46-43-40-37-34-31-28-26-23-20-17-14-11-8-5-2/h7,9-10,12,15-16,18-19,21,24-28,30,32,36,39,58H,4-6,8,11,13-14,17,20,22-23,29,31,33-35,37-38,40-57H2,1-3H3/b10-7-,12-9-,18-15-,19-16-,24-21-,27-25-,28-26-,32-30-,39-36-. The Kier molecular flexibility index (Phi) is 51.5. The summed E-state index contributed by atoms with van der Waals surface area (Å²) in [6, 6.07) is 0. The Bertz CT molecular complexity index is 1390. The number of allylic oxidation sites excluding steroid dienone is 18. The van der Waals surface area contributed by atoms with E-state index in [2.05, 4.69) is 130 Å². The molecule has 0 N–H and O–H groups in total. The van der Waals surface area contributed by atoms with E-state index in [1.165, 1.54) is 77.0 Å². The summed E-state index contributed by atoms with van der Waals surface area (Å²) >= 11 is 0. The van der Waals surface area contributed by atoms with Crippen molar-refractivity contribution in [3.05, 3.63) is 109 Å². The minimum atomic E-state index is -0.804. The Balaban J connectivity index is 4.48. The number of esters is 3. The first-order valence-electron chi connectivity index (χ1n) is 27.4. The van der Waals surface area contributed by atoms with Crippen molar-refractivity contribution in [2.45, 2.75) is 245 Å². The van der Waals surface area contributed by atoms with Gasteiger partial charge in [0.1, 0.15) is 13.2 Å². The second-order valence-electron chi connectivity index (χ2n) is 17.8. The molecule has 0 bridgehead atoms. The van der Waals surface area contributed by atoms with E-state index in [4.69, 9.17) is 14.2 Å². The van der Waals surface area contributed by atoms with Crippen LogP contribution in [0.15, 0.2) is 109 Å². The van der Waals surface area contributed by atoms with E-state index < -0.39 is 6.10 Å². The topological polar surface area (TPSA) is 78.9 Å². The molecule has 6 heteroatoms. The third-order valence-corrected chi connectivity index (χ3v) is 11.3. The molecule has 67 heavy (non-hydrogen) atoms. The number of ether oxygens (including phenoxy) is 3. The van der Waals surface area contributed by atoms with Gasteiger partial charge < -0.3 is 14.2 Å². The third-order valence-electron chi connectivity index (χ3n) is 11.3. The van der Waals surface area contributed by atoms with Gasteiger partial charge in [0.2, 0.25) is 0 Å². The Hall–Kier alpha value is -3.93. The summed E-state index contributed by atoms with van der Waals surface area (Å²) in [6.07, 6.45) is 73.6. The third kappa shape index (κ3) is 52.9. The minimum Gasteiger partial charge on any atom is -0.462 e. The quantitative estimate of drug-likeness (QED) is 0.0199. The van der Waals surface area contributed by atoms with Gasteiger partial charge in [0, 0.05) is 19.3 Å². The summed E-state index contributed by atoms with van der Waals surface area (Å²) in [6.45, 7) is 6.33. The summed E-state index contributed by atoms with van der Waals surface area (Å²) in [7, 11) is 0. The van der Waals surface area contributed by atoms with Crippen LogP contribution in [0, 0.1) is 0 Å². The lowest BCUT2D eigenvalue weighted by molar-refractivity contribution is -0.167. The molecule has 0 aromatic carbocycles. The van der Waals surface area contributed by atoms with Crippen LogP contribution in [-0.4, -0.2) is 37.2 Å². The summed E-state index contributed by atoms with van der Waals surface area (Å²) in [5.41, 5.74) is 0. The average molecular weight is 929 g/mol. The lowest BCUT2D eigenvalue weighted by atomic mass is 10.1. The molecule has 0 spiro atoms. The van der Waals surface area contributed by atoms with Crippen LogP contribution in [0.1, 0.15) is 239 Å². The summed E-state index contributed by atoms with van der Waals surface area (Å²) < 4.78 is 16.8. The molecule has 0 aliphatic carbocycles. The van der Waals surface area contributed by atoms with Crippen molar-refractivity contribution in [1.29, 1.82) is 0 Å². The van der Waals surface area contributed by atoms with E-state index in [0.29, 0.717) is 19.3 Å². The fraction of sp³-hybridized carbons (Fsp3) is 0.656. The van der Waals surface area contributed by atoms with Gasteiger partial charge in [-0.1, -0.05) is 220 Å². The first kappa shape index (κ1) is 63.1. The van der Waals surface area contributed by atoms with Crippen LogP contribution in [-0.2, 0) is 28.6 Å². The Morgan fingerprint density at radius 2 is 0.657 bits per heavy atom. The van der Waals surface area contributed by atoms with Crippen molar-refractivity contribution in [3.63, 3.8) is 0 Å². The number of carbonyl (C=O) groups excluding carboxylic acids is 3. The molecule has 380 valence electrons. The van der Waals surface area contributed by atoms with Crippen molar-refractivity contribution >= 4 is 17.9 Å². The van der Waals surface area contributed by atoms with E-state index in [1.54, 1.807) is 0 Å². The van der Waals surface area contributed by atoms with E-state index in [0.717, 1.165) is 122 Å². The van der Waals surface area contributed by atoms with Gasteiger partial charge in [-0.15, -0.1) is 0 Å². The molecular formula is C61H100O6. The van der Waals surface area contributed by atoms with Crippen LogP contribution in [0.3, 0.4) is 0 Å². The summed E-state index contributed by atoms with van der Waals surface area (Å²) in [5, 5.41) is 0. The van der Waals surface area contributed by atoms with Crippen molar-refractivity contribution in [3.8, 4) is 0 Å². The van der Waals surface area contributed by atoms with Gasteiger partial charge in [0.05, 0.1) is 0 Å². The molecule has 0 saturated carbocycles. The molecular weight excluding hydrogens is 829 g/mol. The van der Waals surface area contributed by atoms with Crippen molar-refractivity contribution in [1.82, 2.24) is 0 Å². The van der Waals surface area contributed by atoms with Gasteiger partial charge in [0.15, 0.2) is 6.10 Å². The lowest BCUT2D eigenvalue weighted by Gasteiger charge is -2.18. The van der Waals surface area contributed by atoms with Gasteiger partial charge in [-0.3, -0.25) is 14.4 Å². The molecule has 6 nitrogen and oxygen atoms in total. The molecule has 0 aliphatic rings. The van der Waals surface area contributed by atoms with Gasteiger partial charge in [-0.05, 0) is 109 Å². The predicted octanol–water partition coefficient (Wildman–Crippen LogP) is 18.3. The molecule has 0 fully saturated rings. The van der Waals surface area contributed by atoms with Gasteiger partial charge >= 0.3 is 17.9 Å². The smallest absolute Gasteiger partial charge is 0.306 e. The van der Waals surface area contributed by atoms with Gasteiger partial charge in [-0.25, -0.2) is 0 Å². The monoisotopic (exact) mass is 929 g/mol. The molecule has 0 radical (unpaired) electrons. The van der Waals surface area contributed by atoms with Crippen LogP contribution in [0.25, 0.3) is 0 Å². The van der Waals surface area contributed by atoms with E-state index in [9.17, 15) is 14.4 Å². The zero-order valence-corrected chi connectivity index (χ0v) is 43.4. The summed E-state index contributed by atoms with van der Waals surface area (Å²) in [5.74, 6) is -0.961. The normalized spacial score (nSPS) is 12.9. The largest absolute Gasteiger partial charge is 0.462 e. The highest BCUT2D eigenvalue weighted by molar-refractivity contribution is 5.71. The van der Waals surface area contributed by atoms with Crippen LogP contribution in [0.2, 0.25) is 0 Å². The predicted molar refractivity (Wildman–Crippen MR) is 288 cm³/mol. The van der Waals surface area contributed by atoms with Crippen LogP contribution < -0.4 is 0 Å². The lowest BCUT2D eigenvalue weighted by Crippen LogP contribution is -2.30. The van der Waals surface area contributed by atoms with Crippen molar-refractivity contribution in [2.24, 2.45) is 0 Å². The van der Waals surface area contributed by atoms with Crippen molar-refractivity contribution in [2.75, 3.05) is 13.2 Å². The molecule has 0 heterocycles. The van der Waals surface area contributed by atoms with Gasteiger partial charge in [-0.2, -0.15) is 0 Å². The Morgan fingerprint density at radius 3 is 1.10 bits per heavy atom. The number of hydrogen-bond donors (Lipinski definition) is 0. The van der Waals surface area contributed by atoms with Crippen molar-refractivity contribution < 1.29 is 28.6 Å². The first-order chi connectivity index (χ1) is 33.0. The first-order valence-corrected chi connectivity index (χ1v) is 27.4. The highest BCUT2D eigenvalue weighted by Crippen LogP contribution is 2.14. The van der Waals surface area contributed by atoms with E-state index in [-0.39, 0.29) is 31.1 Å². The van der Waals surface area contributed by atoms with Crippen LogP contribution in [0.5, 0.6) is 0 Å². The Labute approximate surface area is 412 Å². The second kappa shape index (κ2) is 54.7. The van der Waals surface area contributed by atoms with E-state index >= 15 is 0 Å². The maximum Gasteiger partial charge on any atom is 0.306 e. The number of unbranched alkanes of at least 4 members (excludes halogenated alkanes) is 21. The zero-order valence-electron chi connectivity index (χ0n) is 43.4. The zero-order chi connectivity index (χ0) is 48.6. The number of hydrogen-bond acceptors (Lipinski definition) is 6. The maximum atomic E-state index is 12.8. The molecule has 1 unspecified atom stereocenters. The second-order valence-corrected chi connectivity index (χ2v) is 17.8. The molecule has 0 rings (SSSR count). The molecule has 0 amide bonds. The maximum absolute atomic E-state index is 12.8. The highest BCUT2D eigenvalue weighted by Gasteiger charge is 2.19. The highest BCUT2D eigenvalue weighted by atomic mass is 16.6.